The fraction of sp³-hybridized carbons (Fsp3) is 0.875. The number of carboxylic acid groups (broad SMARTS) is 1. The van der Waals surface area contributed by atoms with E-state index in [0.29, 0.717) is 25.9 Å². The highest BCUT2D eigenvalue weighted by atomic mass is 16.4. The van der Waals surface area contributed by atoms with Gasteiger partial charge >= 0.3 is 12.0 Å². The van der Waals surface area contributed by atoms with E-state index in [4.69, 9.17) is 0 Å². The number of urea groups is 1. The number of hydrogen-bond acceptors (Lipinski definition) is 2. The summed E-state index contributed by atoms with van der Waals surface area (Å²) in [6.07, 6.45) is 7.28. The van der Waals surface area contributed by atoms with Crippen LogP contribution in [0.3, 0.4) is 0 Å². The van der Waals surface area contributed by atoms with Gasteiger partial charge < -0.3 is 15.3 Å². The van der Waals surface area contributed by atoms with E-state index in [9.17, 15) is 14.7 Å². The van der Waals surface area contributed by atoms with Gasteiger partial charge in [0.25, 0.3) is 0 Å². The number of carbonyl (C=O) groups is 2. The van der Waals surface area contributed by atoms with Crippen LogP contribution in [0.4, 0.5) is 4.79 Å². The number of nitrogens with zero attached hydrogens (tertiary/aromatic N) is 1. The van der Waals surface area contributed by atoms with E-state index in [1.807, 2.05) is 6.92 Å². The Morgan fingerprint density at radius 1 is 1.19 bits per heavy atom. The number of nitrogens with one attached hydrogen (secondary N) is 1. The molecule has 2 fully saturated rings. The minimum atomic E-state index is -0.756. The van der Waals surface area contributed by atoms with Crippen LogP contribution in [0.2, 0.25) is 0 Å². The fourth-order valence-corrected chi connectivity index (χ4v) is 3.89. The van der Waals surface area contributed by atoms with Crippen LogP contribution < -0.4 is 5.32 Å². The molecule has 0 aromatic rings. The molecular formula is C16H28N2O3. The third-order valence-corrected chi connectivity index (χ3v) is 5.16. The van der Waals surface area contributed by atoms with E-state index in [1.165, 1.54) is 0 Å². The number of carbonyl (C=O) groups excluding carboxylic acids is 1. The minimum Gasteiger partial charge on any atom is -0.481 e. The SMILES string of the molecule is CCCC1(C(=O)O)CCCN(C(=O)NC2(C)CCCC2)C1. The van der Waals surface area contributed by atoms with Crippen LogP contribution in [-0.2, 0) is 4.79 Å². The molecule has 0 aromatic heterocycles. The Balaban J connectivity index is 2.02. The van der Waals surface area contributed by atoms with Gasteiger partial charge in [0.1, 0.15) is 0 Å². The zero-order valence-electron chi connectivity index (χ0n) is 13.3. The molecule has 5 nitrogen and oxygen atoms in total. The lowest BCUT2D eigenvalue weighted by Gasteiger charge is -2.41. The highest BCUT2D eigenvalue weighted by Gasteiger charge is 2.43. The Bertz CT molecular complexity index is 400. The summed E-state index contributed by atoms with van der Waals surface area (Å²) in [5.74, 6) is -0.756. The van der Waals surface area contributed by atoms with Gasteiger partial charge in [-0.15, -0.1) is 0 Å². The molecule has 1 heterocycles. The average molecular weight is 296 g/mol. The van der Waals surface area contributed by atoms with Crippen LogP contribution in [0.25, 0.3) is 0 Å². The summed E-state index contributed by atoms with van der Waals surface area (Å²) >= 11 is 0. The molecule has 1 unspecified atom stereocenters. The average Bonchev–Trinajstić information content (AvgIpc) is 2.85. The molecule has 1 aliphatic carbocycles. The molecule has 2 rings (SSSR count). The molecule has 21 heavy (non-hydrogen) atoms. The van der Waals surface area contributed by atoms with Gasteiger partial charge in [0.15, 0.2) is 0 Å². The van der Waals surface area contributed by atoms with Gasteiger partial charge in [-0.2, -0.15) is 0 Å². The fourth-order valence-electron chi connectivity index (χ4n) is 3.89. The highest BCUT2D eigenvalue weighted by Crippen LogP contribution is 2.35. The zero-order valence-corrected chi connectivity index (χ0v) is 13.3. The number of hydrogen-bond donors (Lipinski definition) is 2. The topological polar surface area (TPSA) is 69.6 Å². The van der Waals surface area contributed by atoms with E-state index in [1.54, 1.807) is 4.90 Å². The van der Waals surface area contributed by atoms with Gasteiger partial charge in [0.05, 0.1) is 5.41 Å². The van der Waals surface area contributed by atoms with Gasteiger partial charge in [-0.25, -0.2) is 4.79 Å². The van der Waals surface area contributed by atoms with Crippen molar-refractivity contribution in [3.63, 3.8) is 0 Å². The van der Waals surface area contributed by atoms with Gasteiger partial charge in [-0.1, -0.05) is 26.2 Å². The van der Waals surface area contributed by atoms with Gasteiger partial charge in [0, 0.05) is 18.6 Å². The van der Waals surface area contributed by atoms with Crippen molar-refractivity contribution < 1.29 is 14.7 Å². The summed E-state index contributed by atoms with van der Waals surface area (Å²) in [6, 6.07) is -0.0826. The van der Waals surface area contributed by atoms with Crippen molar-refractivity contribution in [2.24, 2.45) is 5.41 Å². The van der Waals surface area contributed by atoms with Crippen LogP contribution in [0.1, 0.15) is 65.2 Å². The van der Waals surface area contributed by atoms with Crippen molar-refractivity contribution in [1.29, 1.82) is 0 Å². The first-order chi connectivity index (χ1) is 9.91. The Morgan fingerprint density at radius 3 is 2.43 bits per heavy atom. The van der Waals surface area contributed by atoms with Crippen LogP contribution in [0.15, 0.2) is 0 Å². The Morgan fingerprint density at radius 2 is 1.86 bits per heavy atom. The standard InChI is InChI=1S/C16H28N2O3/c1-3-7-16(13(19)20)10-6-11-18(12-16)14(21)17-15(2)8-4-5-9-15/h3-12H2,1-2H3,(H,17,21)(H,19,20). The molecule has 2 amide bonds. The minimum absolute atomic E-state index is 0.0826. The van der Waals surface area contributed by atoms with Gasteiger partial charge in [-0.3, -0.25) is 4.79 Å². The summed E-state index contributed by atoms with van der Waals surface area (Å²) in [4.78, 5) is 25.9. The molecule has 0 aromatic carbocycles. The van der Waals surface area contributed by atoms with Crippen molar-refractivity contribution >= 4 is 12.0 Å². The second-order valence-electron chi connectivity index (χ2n) is 7.06. The van der Waals surface area contributed by atoms with E-state index in [-0.39, 0.29) is 11.6 Å². The summed E-state index contributed by atoms with van der Waals surface area (Å²) < 4.78 is 0. The summed E-state index contributed by atoms with van der Waals surface area (Å²) in [5, 5.41) is 12.7. The lowest BCUT2D eigenvalue weighted by Crippen LogP contribution is -2.56. The van der Waals surface area contributed by atoms with Crippen molar-refractivity contribution in [3.05, 3.63) is 0 Å². The Labute approximate surface area is 127 Å². The second kappa shape index (κ2) is 6.24. The van der Waals surface area contributed by atoms with Crippen molar-refractivity contribution in [2.45, 2.75) is 70.8 Å². The van der Waals surface area contributed by atoms with Crippen molar-refractivity contribution in [1.82, 2.24) is 10.2 Å². The number of likely N-dealkylation sites (tertiary alicyclic amines) is 1. The van der Waals surface area contributed by atoms with Crippen LogP contribution in [-0.4, -0.2) is 40.6 Å². The predicted molar refractivity (Wildman–Crippen MR) is 81.2 cm³/mol. The second-order valence-corrected chi connectivity index (χ2v) is 7.06. The summed E-state index contributed by atoms with van der Waals surface area (Å²) in [7, 11) is 0. The molecule has 5 heteroatoms. The first-order valence-electron chi connectivity index (χ1n) is 8.21. The number of carboxylic acids is 1. The Hall–Kier alpha value is -1.26. The number of rotatable bonds is 4. The maximum absolute atomic E-state index is 12.5. The van der Waals surface area contributed by atoms with Crippen LogP contribution >= 0.6 is 0 Å². The van der Waals surface area contributed by atoms with E-state index in [0.717, 1.165) is 38.5 Å². The highest BCUT2D eigenvalue weighted by molar-refractivity contribution is 5.79. The van der Waals surface area contributed by atoms with Crippen LogP contribution in [0.5, 0.6) is 0 Å². The number of aliphatic carboxylic acids is 1. The van der Waals surface area contributed by atoms with E-state index < -0.39 is 11.4 Å². The first kappa shape index (κ1) is 16.1. The largest absolute Gasteiger partial charge is 0.481 e. The zero-order chi connectivity index (χ0) is 15.5. The molecule has 2 N–H and O–H groups in total. The maximum atomic E-state index is 12.5. The van der Waals surface area contributed by atoms with Crippen molar-refractivity contribution in [2.75, 3.05) is 13.1 Å². The summed E-state index contributed by atoms with van der Waals surface area (Å²) in [6.45, 7) is 5.11. The Kier molecular flexibility index (Phi) is 4.79. The van der Waals surface area contributed by atoms with E-state index >= 15 is 0 Å². The quantitative estimate of drug-likeness (QED) is 0.838. The molecule has 0 bridgehead atoms. The maximum Gasteiger partial charge on any atom is 0.317 e. The molecule has 1 saturated carbocycles. The smallest absolute Gasteiger partial charge is 0.317 e. The number of amides is 2. The molecule has 1 atom stereocenters. The monoisotopic (exact) mass is 296 g/mol. The van der Waals surface area contributed by atoms with Crippen molar-refractivity contribution in [3.8, 4) is 0 Å². The normalized spacial score (nSPS) is 28.4. The molecule has 1 saturated heterocycles. The molecule has 120 valence electrons. The molecular weight excluding hydrogens is 268 g/mol. The third-order valence-electron chi connectivity index (χ3n) is 5.16. The molecule has 2 aliphatic rings. The summed E-state index contributed by atoms with van der Waals surface area (Å²) in [5.41, 5.74) is -0.855. The molecule has 0 radical (unpaired) electrons. The van der Waals surface area contributed by atoms with Crippen LogP contribution in [0, 0.1) is 5.41 Å². The van der Waals surface area contributed by atoms with Gasteiger partial charge in [0.2, 0.25) is 0 Å². The lowest BCUT2D eigenvalue weighted by molar-refractivity contribution is -0.152. The predicted octanol–water partition coefficient (Wildman–Crippen LogP) is 3.00. The third kappa shape index (κ3) is 3.50. The lowest BCUT2D eigenvalue weighted by atomic mass is 9.76. The first-order valence-corrected chi connectivity index (χ1v) is 8.21. The number of piperidine rings is 1. The molecule has 1 aliphatic heterocycles. The molecule has 0 spiro atoms. The van der Waals surface area contributed by atoms with Gasteiger partial charge in [-0.05, 0) is 39.0 Å². The van der Waals surface area contributed by atoms with E-state index in [2.05, 4.69) is 12.2 Å².